The van der Waals surface area contributed by atoms with Gasteiger partial charge in [0.05, 0.1) is 11.0 Å². The molecule has 2 N–H and O–H groups in total. The fourth-order valence-corrected chi connectivity index (χ4v) is 2.78. The molecule has 3 rings (SSSR count). The Labute approximate surface area is 129 Å². The van der Waals surface area contributed by atoms with Crippen LogP contribution in [0.5, 0.6) is 0 Å². The summed E-state index contributed by atoms with van der Waals surface area (Å²) in [6.45, 7) is 3.02. The second-order valence-electron chi connectivity index (χ2n) is 5.12. The molecule has 0 spiro atoms. The van der Waals surface area contributed by atoms with E-state index in [4.69, 9.17) is 22.3 Å². The van der Waals surface area contributed by atoms with E-state index in [0.29, 0.717) is 6.42 Å². The van der Waals surface area contributed by atoms with Crippen molar-refractivity contribution in [3.05, 3.63) is 64.9 Å². The average molecular weight is 300 g/mol. The highest BCUT2D eigenvalue weighted by Crippen LogP contribution is 2.21. The lowest BCUT2D eigenvalue weighted by Crippen LogP contribution is -2.16. The quantitative estimate of drug-likeness (QED) is 0.792. The van der Waals surface area contributed by atoms with Gasteiger partial charge in [-0.25, -0.2) is 4.98 Å². The summed E-state index contributed by atoms with van der Waals surface area (Å²) in [6.07, 6.45) is 0.712. The van der Waals surface area contributed by atoms with E-state index in [1.165, 1.54) is 5.52 Å². The number of hydrogen-bond donors (Lipinski definition) is 1. The first-order chi connectivity index (χ1) is 10.2. The highest BCUT2D eigenvalue weighted by Gasteiger charge is 2.14. The summed E-state index contributed by atoms with van der Waals surface area (Å²) in [7, 11) is 0. The average Bonchev–Trinajstić information content (AvgIpc) is 2.84. The van der Waals surface area contributed by atoms with Crippen LogP contribution in [0.4, 0.5) is 0 Å². The topological polar surface area (TPSA) is 43.8 Å². The summed E-state index contributed by atoms with van der Waals surface area (Å²) in [5, 5.41) is 0.728. The first-order valence-corrected chi connectivity index (χ1v) is 7.52. The molecule has 0 saturated heterocycles. The van der Waals surface area contributed by atoms with Gasteiger partial charge in [0.25, 0.3) is 0 Å². The zero-order valence-corrected chi connectivity index (χ0v) is 12.7. The summed E-state index contributed by atoms with van der Waals surface area (Å²) in [5.41, 5.74) is 9.59. The van der Waals surface area contributed by atoms with Crippen molar-refractivity contribution >= 4 is 22.6 Å². The number of fused-ring (bicyclic) bond motifs is 1. The number of imidazole rings is 1. The molecule has 0 saturated carbocycles. The highest BCUT2D eigenvalue weighted by molar-refractivity contribution is 6.30. The Balaban J connectivity index is 1.92. The van der Waals surface area contributed by atoms with Gasteiger partial charge in [-0.05, 0) is 36.8 Å². The van der Waals surface area contributed by atoms with Crippen molar-refractivity contribution in [2.24, 2.45) is 5.73 Å². The summed E-state index contributed by atoms with van der Waals surface area (Å²) in [5.74, 6) is 1.03. The third-order valence-corrected chi connectivity index (χ3v) is 4.00. The van der Waals surface area contributed by atoms with Gasteiger partial charge in [0.1, 0.15) is 5.82 Å². The molecule has 4 heteroatoms. The van der Waals surface area contributed by atoms with Crippen LogP contribution in [0.1, 0.15) is 24.4 Å². The fraction of sp³-hybridized carbons (Fsp3) is 0.235. The van der Waals surface area contributed by atoms with Crippen LogP contribution >= 0.6 is 11.6 Å². The maximum atomic E-state index is 6.33. The SMILES string of the molecule is CCn1c(CC(N)c2ccc(Cl)cc2)nc2ccccc21. The first-order valence-electron chi connectivity index (χ1n) is 7.14. The van der Waals surface area contributed by atoms with Gasteiger partial charge in [-0.15, -0.1) is 0 Å². The van der Waals surface area contributed by atoms with Gasteiger partial charge in [-0.1, -0.05) is 35.9 Å². The molecule has 3 aromatic rings. The van der Waals surface area contributed by atoms with E-state index in [-0.39, 0.29) is 6.04 Å². The van der Waals surface area contributed by atoms with E-state index in [2.05, 4.69) is 17.6 Å². The van der Waals surface area contributed by atoms with Crippen molar-refractivity contribution in [1.29, 1.82) is 0 Å². The molecule has 3 nitrogen and oxygen atoms in total. The molecule has 0 aliphatic rings. The largest absolute Gasteiger partial charge is 0.328 e. The predicted molar refractivity (Wildman–Crippen MR) is 87.5 cm³/mol. The molecule has 0 amide bonds. The van der Waals surface area contributed by atoms with Crippen LogP contribution in [0.2, 0.25) is 5.02 Å². The van der Waals surface area contributed by atoms with Crippen LogP contribution in [0.15, 0.2) is 48.5 Å². The second-order valence-corrected chi connectivity index (χ2v) is 5.56. The van der Waals surface area contributed by atoms with Gasteiger partial charge in [0.2, 0.25) is 0 Å². The number of para-hydroxylation sites is 2. The van der Waals surface area contributed by atoms with E-state index < -0.39 is 0 Å². The molecule has 1 heterocycles. The van der Waals surface area contributed by atoms with Gasteiger partial charge < -0.3 is 10.3 Å². The fourth-order valence-electron chi connectivity index (χ4n) is 2.66. The number of halogens is 1. The number of aromatic nitrogens is 2. The van der Waals surface area contributed by atoms with Crippen molar-refractivity contribution in [3.63, 3.8) is 0 Å². The zero-order valence-electron chi connectivity index (χ0n) is 12.0. The first kappa shape index (κ1) is 14.1. The summed E-state index contributed by atoms with van der Waals surface area (Å²) >= 11 is 5.92. The molecule has 1 unspecified atom stereocenters. The summed E-state index contributed by atoms with van der Waals surface area (Å²) < 4.78 is 2.23. The molecular formula is C17H18ClN3. The van der Waals surface area contributed by atoms with Crippen LogP contribution in [0.25, 0.3) is 11.0 Å². The minimum Gasteiger partial charge on any atom is -0.328 e. The van der Waals surface area contributed by atoms with Gasteiger partial charge in [-0.3, -0.25) is 0 Å². The van der Waals surface area contributed by atoms with Gasteiger partial charge >= 0.3 is 0 Å². The Morgan fingerprint density at radius 2 is 1.86 bits per heavy atom. The number of rotatable bonds is 4. The summed E-state index contributed by atoms with van der Waals surface area (Å²) in [6, 6.07) is 15.8. The van der Waals surface area contributed by atoms with E-state index in [1.807, 2.05) is 42.5 Å². The molecule has 0 fully saturated rings. The number of hydrogen-bond acceptors (Lipinski definition) is 2. The molecule has 1 atom stereocenters. The molecular weight excluding hydrogens is 282 g/mol. The van der Waals surface area contributed by atoms with Crippen molar-refractivity contribution in [2.75, 3.05) is 0 Å². The molecule has 108 valence electrons. The third-order valence-electron chi connectivity index (χ3n) is 3.75. The van der Waals surface area contributed by atoms with E-state index in [0.717, 1.165) is 28.5 Å². The van der Waals surface area contributed by atoms with Gasteiger partial charge in [0.15, 0.2) is 0 Å². The minimum atomic E-state index is -0.0793. The molecule has 0 radical (unpaired) electrons. The van der Waals surface area contributed by atoms with Crippen LogP contribution in [0.3, 0.4) is 0 Å². The Bertz CT molecular complexity index is 746. The smallest absolute Gasteiger partial charge is 0.111 e. The lowest BCUT2D eigenvalue weighted by molar-refractivity contribution is 0.637. The van der Waals surface area contributed by atoms with Crippen LogP contribution in [-0.2, 0) is 13.0 Å². The lowest BCUT2D eigenvalue weighted by atomic mass is 10.0. The van der Waals surface area contributed by atoms with Crippen LogP contribution in [0, 0.1) is 0 Å². The van der Waals surface area contributed by atoms with Crippen LogP contribution < -0.4 is 5.73 Å². The van der Waals surface area contributed by atoms with Crippen molar-refractivity contribution in [2.45, 2.75) is 25.9 Å². The van der Waals surface area contributed by atoms with Crippen LogP contribution in [-0.4, -0.2) is 9.55 Å². The highest BCUT2D eigenvalue weighted by atomic mass is 35.5. The number of nitrogens with zero attached hydrogens (tertiary/aromatic N) is 2. The normalized spacial score (nSPS) is 12.7. The predicted octanol–water partition coefficient (Wildman–Crippen LogP) is 3.95. The molecule has 2 aromatic carbocycles. The number of benzene rings is 2. The van der Waals surface area contributed by atoms with E-state index in [9.17, 15) is 0 Å². The van der Waals surface area contributed by atoms with Crippen molar-refractivity contribution < 1.29 is 0 Å². The van der Waals surface area contributed by atoms with Gasteiger partial charge in [-0.2, -0.15) is 0 Å². The van der Waals surface area contributed by atoms with Crippen molar-refractivity contribution in [1.82, 2.24) is 9.55 Å². The molecule has 0 aliphatic carbocycles. The Morgan fingerprint density at radius 1 is 1.14 bits per heavy atom. The number of nitrogens with two attached hydrogens (primary N) is 1. The Hall–Kier alpha value is -1.84. The minimum absolute atomic E-state index is 0.0793. The Morgan fingerprint density at radius 3 is 2.57 bits per heavy atom. The number of aryl methyl sites for hydroxylation is 1. The van der Waals surface area contributed by atoms with E-state index >= 15 is 0 Å². The molecule has 1 aromatic heterocycles. The van der Waals surface area contributed by atoms with Gasteiger partial charge in [0, 0.05) is 24.0 Å². The molecule has 21 heavy (non-hydrogen) atoms. The maximum Gasteiger partial charge on any atom is 0.111 e. The van der Waals surface area contributed by atoms with E-state index in [1.54, 1.807) is 0 Å². The lowest BCUT2D eigenvalue weighted by Gasteiger charge is -2.13. The maximum absolute atomic E-state index is 6.33. The Kier molecular flexibility index (Phi) is 3.95. The zero-order chi connectivity index (χ0) is 14.8. The monoisotopic (exact) mass is 299 g/mol. The second kappa shape index (κ2) is 5.88. The standard InChI is InChI=1S/C17H18ClN3/c1-2-21-16-6-4-3-5-15(16)20-17(21)11-14(19)12-7-9-13(18)10-8-12/h3-10,14H,2,11,19H2,1H3. The molecule has 0 aliphatic heterocycles. The molecule has 0 bridgehead atoms. The van der Waals surface area contributed by atoms with Crippen molar-refractivity contribution in [3.8, 4) is 0 Å². The third kappa shape index (κ3) is 2.80. The summed E-state index contributed by atoms with van der Waals surface area (Å²) in [4.78, 5) is 4.72.